The maximum atomic E-state index is 5.97. The Hall–Kier alpha value is 0.310. The van der Waals surface area contributed by atoms with E-state index in [-0.39, 0.29) is 0 Å². The average Bonchev–Trinajstić information content (AvgIpc) is 2.12. The lowest BCUT2D eigenvalue weighted by molar-refractivity contribution is 0.209. The Labute approximate surface area is 66.7 Å². The van der Waals surface area contributed by atoms with Crippen molar-refractivity contribution in [3.8, 4) is 0 Å². The molecule has 0 aromatic rings. The number of hydrogen-bond acceptors (Lipinski definition) is 2. The van der Waals surface area contributed by atoms with E-state index in [2.05, 4.69) is 0 Å². The maximum absolute atomic E-state index is 5.97. The first-order chi connectivity index (χ1) is 4.88. The summed E-state index contributed by atoms with van der Waals surface area (Å²) >= 11 is 2.04. The van der Waals surface area contributed by atoms with Gasteiger partial charge in [0.05, 0.1) is 0 Å². The molecular formula is C8H15NS. The molecule has 0 amide bonds. The van der Waals surface area contributed by atoms with Crippen molar-refractivity contribution in [1.82, 2.24) is 0 Å². The van der Waals surface area contributed by atoms with Crippen molar-refractivity contribution in [3.63, 3.8) is 0 Å². The van der Waals surface area contributed by atoms with Gasteiger partial charge in [0.15, 0.2) is 0 Å². The Morgan fingerprint density at radius 1 is 1.20 bits per heavy atom. The second-order valence-corrected chi connectivity index (χ2v) is 4.63. The van der Waals surface area contributed by atoms with Crippen LogP contribution in [0.2, 0.25) is 0 Å². The molecule has 2 aliphatic rings. The zero-order valence-electron chi connectivity index (χ0n) is 6.25. The third-order valence-electron chi connectivity index (χ3n) is 2.93. The molecule has 2 heteroatoms. The third-order valence-corrected chi connectivity index (χ3v) is 4.17. The number of rotatable bonds is 1. The minimum Gasteiger partial charge on any atom is -0.327 e. The van der Waals surface area contributed by atoms with E-state index >= 15 is 0 Å². The minimum absolute atomic E-state index is 0.523. The highest BCUT2D eigenvalue weighted by Crippen LogP contribution is 2.40. The van der Waals surface area contributed by atoms with Crippen LogP contribution in [0, 0.1) is 11.8 Å². The molecule has 0 spiro atoms. The highest BCUT2D eigenvalue weighted by Gasteiger charge is 2.34. The van der Waals surface area contributed by atoms with Crippen LogP contribution in [0.25, 0.3) is 0 Å². The van der Waals surface area contributed by atoms with Gasteiger partial charge in [-0.3, -0.25) is 0 Å². The fourth-order valence-electron chi connectivity index (χ4n) is 1.94. The highest BCUT2D eigenvalue weighted by atomic mass is 32.2. The lowest BCUT2D eigenvalue weighted by atomic mass is 9.74. The summed E-state index contributed by atoms with van der Waals surface area (Å²) in [6, 6.07) is 0.523. The fraction of sp³-hybridized carbons (Fsp3) is 1.00. The first-order valence-electron chi connectivity index (χ1n) is 4.21. The van der Waals surface area contributed by atoms with Gasteiger partial charge in [0.25, 0.3) is 0 Å². The van der Waals surface area contributed by atoms with Crippen LogP contribution in [-0.4, -0.2) is 17.5 Å². The molecule has 10 heavy (non-hydrogen) atoms. The van der Waals surface area contributed by atoms with Gasteiger partial charge < -0.3 is 5.73 Å². The minimum atomic E-state index is 0.523. The normalized spacial score (nSPS) is 41.7. The van der Waals surface area contributed by atoms with Gasteiger partial charge in [0.1, 0.15) is 0 Å². The van der Waals surface area contributed by atoms with Crippen molar-refractivity contribution < 1.29 is 0 Å². The molecule has 2 fully saturated rings. The molecule has 2 N–H and O–H groups in total. The van der Waals surface area contributed by atoms with Crippen molar-refractivity contribution in [2.75, 3.05) is 11.5 Å². The van der Waals surface area contributed by atoms with Crippen LogP contribution in [0.4, 0.5) is 0 Å². The number of thioether (sulfide) groups is 1. The Kier molecular flexibility index (Phi) is 1.92. The summed E-state index contributed by atoms with van der Waals surface area (Å²) in [5.74, 6) is 4.43. The molecule has 1 nitrogen and oxygen atoms in total. The molecule has 2 atom stereocenters. The largest absolute Gasteiger partial charge is 0.327 e. The van der Waals surface area contributed by atoms with Gasteiger partial charge in [0, 0.05) is 11.8 Å². The van der Waals surface area contributed by atoms with Crippen LogP contribution in [0.1, 0.15) is 19.3 Å². The van der Waals surface area contributed by atoms with Crippen LogP contribution >= 0.6 is 11.8 Å². The summed E-state index contributed by atoms with van der Waals surface area (Å²) in [6.07, 6.45) is 4.37. The molecule has 1 aliphatic heterocycles. The molecule has 1 saturated heterocycles. The maximum Gasteiger partial charge on any atom is 0.0169 e. The molecule has 1 heterocycles. The van der Waals surface area contributed by atoms with Gasteiger partial charge in [-0.2, -0.15) is 11.8 Å². The molecule has 1 saturated carbocycles. The monoisotopic (exact) mass is 157 g/mol. The van der Waals surface area contributed by atoms with Crippen LogP contribution in [0.3, 0.4) is 0 Å². The number of hydrogen-bond donors (Lipinski definition) is 1. The van der Waals surface area contributed by atoms with E-state index in [0.29, 0.717) is 6.04 Å². The summed E-state index contributed by atoms with van der Waals surface area (Å²) in [7, 11) is 0. The Morgan fingerprint density at radius 2 is 2.00 bits per heavy atom. The summed E-state index contributed by atoms with van der Waals surface area (Å²) < 4.78 is 0. The second kappa shape index (κ2) is 2.74. The molecule has 0 aromatic heterocycles. The van der Waals surface area contributed by atoms with E-state index in [1.165, 1.54) is 30.8 Å². The van der Waals surface area contributed by atoms with E-state index in [9.17, 15) is 0 Å². The summed E-state index contributed by atoms with van der Waals surface area (Å²) in [4.78, 5) is 0. The lowest BCUT2D eigenvalue weighted by Crippen LogP contribution is -2.36. The molecule has 0 radical (unpaired) electrons. The molecule has 2 unspecified atom stereocenters. The van der Waals surface area contributed by atoms with Crippen molar-refractivity contribution in [2.45, 2.75) is 25.3 Å². The van der Waals surface area contributed by atoms with Crippen LogP contribution in [0.15, 0.2) is 0 Å². The Morgan fingerprint density at radius 3 is 2.40 bits per heavy atom. The Bertz CT molecular complexity index is 122. The summed E-state index contributed by atoms with van der Waals surface area (Å²) in [5.41, 5.74) is 5.97. The molecule has 2 rings (SSSR count). The van der Waals surface area contributed by atoms with Crippen LogP contribution in [-0.2, 0) is 0 Å². The third kappa shape index (κ3) is 1.08. The van der Waals surface area contributed by atoms with Gasteiger partial charge >= 0.3 is 0 Å². The topological polar surface area (TPSA) is 26.0 Å². The zero-order valence-corrected chi connectivity index (χ0v) is 7.07. The predicted molar refractivity (Wildman–Crippen MR) is 46.1 cm³/mol. The van der Waals surface area contributed by atoms with E-state index in [1.54, 1.807) is 0 Å². The van der Waals surface area contributed by atoms with E-state index in [1.807, 2.05) is 11.8 Å². The van der Waals surface area contributed by atoms with E-state index in [0.717, 1.165) is 11.8 Å². The molecule has 1 aliphatic carbocycles. The second-order valence-electron chi connectivity index (χ2n) is 3.56. The van der Waals surface area contributed by atoms with Crippen LogP contribution in [0.5, 0.6) is 0 Å². The van der Waals surface area contributed by atoms with E-state index < -0.39 is 0 Å². The average molecular weight is 157 g/mol. The predicted octanol–water partition coefficient (Wildman–Crippen LogP) is 1.48. The highest BCUT2D eigenvalue weighted by molar-refractivity contribution is 7.99. The van der Waals surface area contributed by atoms with Crippen molar-refractivity contribution in [1.29, 1.82) is 0 Å². The van der Waals surface area contributed by atoms with Gasteiger partial charge in [-0.05, 0) is 17.6 Å². The zero-order chi connectivity index (χ0) is 6.97. The van der Waals surface area contributed by atoms with Gasteiger partial charge in [-0.15, -0.1) is 0 Å². The van der Waals surface area contributed by atoms with Crippen LogP contribution < -0.4 is 5.73 Å². The summed E-state index contributed by atoms with van der Waals surface area (Å²) in [6.45, 7) is 0. The quantitative estimate of drug-likeness (QED) is 0.624. The molecule has 0 bridgehead atoms. The molecule has 0 aromatic carbocycles. The fourth-order valence-corrected chi connectivity index (χ4v) is 3.39. The van der Waals surface area contributed by atoms with Gasteiger partial charge in [-0.25, -0.2) is 0 Å². The van der Waals surface area contributed by atoms with Gasteiger partial charge in [-0.1, -0.05) is 19.3 Å². The first kappa shape index (κ1) is 6.99. The Balaban J connectivity index is 1.90. The standard InChI is InChI=1S/C8H15NS/c9-8-5-10-4-7(8)6-2-1-3-6/h6-8H,1-5,9H2. The molecule has 58 valence electrons. The van der Waals surface area contributed by atoms with Gasteiger partial charge in [0.2, 0.25) is 0 Å². The van der Waals surface area contributed by atoms with Crippen molar-refractivity contribution in [3.05, 3.63) is 0 Å². The summed E-state index contributed by atoms with van der Waals surface area (Å²) in [5, 5.41) is 0. The lowest BCUT2D eigenvalue weighted by Gasteiger charge is -2.33. The first-order valence-corrected chi connectivity index (χ1v) is 5.37. The van der Waals surface area contributed by atoms with Crippen molar-refractivity contribution in [2.24, 2.45) is 17.6 Å². The van der Waals surface area contributed by atoms with Crippen molar-refractivity contribution >= 4 is 11.8 Å². The smallest absolute Gasteiger partial charge is 0.0169 e. The number of nitrogens with two attached hydrogens (primary N) is 1. The molecular weight excluding hydrogens is 142 g/mol. The van der Waals surface area contributed by atoms with E-state index in [4.69, 9.17) is 5.73 Å². The SMILES string of the molecule is NC1CSCC1C1CCC1.